The minimum atomic E-state index is -0.963. The maximum Gasteiger partial charge on any atom is 0.339 e. The molecule has 0 fully saturated rings. The second-order valence-electron chi connectivity index (χ2n) is 3.85. The molecule has 1 N–H and O–H groups in total. The molecule has 0 saturated heterocycles. The van der Waals surface area contributed by atoms with Gasteiger partial charge in [0.15, 0.2) is 0 Å². The molecule has 0 bridgehead atoms. The van der Waals surface area contributed by atoms with Crippen LogP contribution in [0.4, 0.5) is 0 Å². The van der Waals surface area contributed by atoms with Crippen LogP contribution in [0.3, 0.4) is 0 Å². The second-order valence-corrected chi connectivity index (χ2v) is 4.77. The molecule has 0 heterocycles. The normalized spacial score (nSPS) is 10.2. The number of hydrogen-bond acceptors (Lipinski definition) is 2. The number of halogens is 1. The van der Waals surface area contributed by atoms with Gasteiger partial charge in [0, 0.05) is 4.47 Å². The Bertz CT molecular complexity index is 377. The van der Waals surface area contributed by atoms with E-state index in [1.54, 1.807) is 18.2 Å². The molecule has 1 aromatic carbocycles. The maximum absolute atomic E-state index is 11.0. The summed E-state index contributed by atoms with van der Waals surface area (Å²) >= 11 is 3.25. The van der Waals surface area contributed by atoms with Gasteiger partial charge in [-0.25, -0.2) is 4.79 Å². The molecule has 0 saturated carbocycles. The first-order valence-electron chi connectivity index (χ1n) is 5.80. The summed E-state index contributed by atoms with van der Waals surface area (Å²) in [5, 5.41) is 9.03. The molecule has 3 nitrogen and oxygen atoms in total. The number of carboxylic acids is 1. The Morgan fingerprint density at radius 3 is 2.76 bits per heavy atom. The van der Waals surface area contributed by atoms with Crippen LogP contribution in [0.5, 0.6) is 5.75 Å². The molecular weight excluding hydrogens is 284 g/mol. The summed E-state index contributed by atoms with van der Waals surface area (Å²) in [5.74, 6) is -0.521. The highest BCUT2D eigenvalue weighted by Crippen LogP contribution is 2.23. The van der Waals surface area contributed by atoms with E-state index in [1.807, 2.05) is 0 Å². The molecule has 0 atom stereocenters. The SMILES string of the molecule is CCCCCCOc1ccc(Br)cc1C(=O)O. The number of carboxylic acid groups (broad SMARTS) is 1. The Balaban J connectivity index is 2.55. The van der Waals surface area contributed by atoms with Gasteiger partial charge in [0.05, 0.1) is 6.61 Å². The van der Waals surface area contributed by atoms with E-state index in [0.29, 0.717) is 12.4 Å². The molecule has 0 radical (unpaired) electrons. The zero-order valence-electron chi connectivity index (χ0n) is 9.91. The molecular formula is C13H17BrO3. The number of ether oxygens (including phenoxy) is 1. The summed E-state index contributed by atoms with van der Waals surface area (Å²) in [5.41, 5.74) is 0.204. The van der Waals surface area contributed by atoms with Crippen molar-refractivity contribution in [3.8, 4) is 5.75 Å². The van der Waals surface area contributed by atoms with Gasteiger partial charge in [-0.1, -0.05) is 42.1 Å². The van der Waals surface area contributed by atoms with E-state index in [0.717, 1.165) is 17.3 Å². The van der Waals surface area contributed by atoms with E-state index >= 15 is 0 Å². The zero-order valence-corrected chi connectivity index (χ0v) is 11.5. The molecule has 0 aliphatic rings. The van der Waals surface area contributed by atoms with Gasteiger partial charge in [-0.05, 0) is 24.6 Å². The highest BCUT2D eigenvalue weighted by atomic mass is 79.9. The van der Waals surface area contributed by atoms with Gasteiger partial charge in [0.1, 0.15) is 11.3 Å². The van der Waals surface area contributed by atoms with E-state index in [9.17, 15) is 4.79 Å². The van der Waals surface area contributed by atoms with Crippen LogP contribution >= 0.6 is 15.9 Å². The van der Waals surface area contributed by atoms with Crippen LogP contribution in [-0.2, 0) is 0 Å². The van der Waals surface area contributed by atoms with Gasteiger partial charge >= 0.3 is 5.97 Å². The lowest BCUT2D eigenvalue weighted by molar-refractivity contribution is 0.0692. The zero-order chi connectivity index (χ0) is 12.7. The molecule has 17 heavy (non-hydrogen) atoms. The fourth-order valence-electron chi connectivity index (χ4n) is 1.51. The third-order valence-electron chi connectivity index (χ3n) is 2.43. The third kappa shape index (κ3) is 4.77. The number of carbonyl (C=O) groups is 1. The second kappa shape index (κ2) is 7.33. The van der Waals surface area contributed by atoms with Crippen molar-refractivity contribution in [2.45, 2.75) is 32.6 Å². The van der Waals surface area contributed by atoms with E-state index in [4.69, 9.17) is 9.84 Å². The quantitative estimate of drug-likeness (QED) is 0.771. The topological polar surface area (TPSA) is 46.5 Å². The van der Waals surface area contributed by atoms with Crippen LogP contribution in [0.15, 0.2) is 22.7 Å². The van der Waals surface area contributed by atoms with Crippen LogP contribution in [0, 0.1) is 0 Å². The van der Waals surface area contributed by atoms with Gasteiger partial charge in [0.2, 0.25) is 0 Å². The average Bonchev–Trinajstić information content (AvgIpc) is 2.30. The first-order chi connectivity index (χ1) is 8.15. The predicted octanol–water partition coefficient (Wildman–Crippen LogP) is 4.11. The van der Waals surface area contributed by atoms with E-state index in [2.05, 4.69) is 22.9 Å². The minimum absolute atomic E-state index is 0.204. The molecule has 0 unspecified atom stereocenters. The lowest BCUT2D eigenvalue weighted by Gasteiger charge is -2.09. The molecule has 0 spiro atoms. The number of rotatable bonds is 7. The molecule has 0 aromatic heterocycles. The Kier molecular flexibility index (Phi) is 6.05. The van der Waals surface area contributed by atoms with Crippen molar-refractivity contribution >= 4 is 21.9 Å². The van der Waals surface area contributed by atoms with Crippen molar-refractivity contribution < 1.29 is 14.6 Å². The Hall–Kier alpha value is -1.03. The number of aromatic carboxylic acids is 1. The monoisotopic (exact) mass is 300 g/mol. The van der Waals surface area contributed by atoms with Gasteiger partial charge in [-0.2, -0.15) is 0 Å². The van der Waals surface area contributed by atoms with Crippen LogP contribution in [-0.4, -0.2) is 17.7 Å². The molecule has 0 aliphatic carbocycles. The summed E-state index contributed by atoms with van der Waals surface area (Å²) in [4.78, 5) is 11.0. The Labute approximate surface area is 110 Å². The van der Waals surface area contributed by atoms with Crippen molar-refractivity contribution in [1.82, 2.24) is 0 Å². The maximum atomic E-state index is 11.0. The molecule has 4 heteroatoms. The summed E-state index contributed by atoms with van der Waals surface area (Å²) < 4.78 is 6.24. The van der Waals surface area contributed by atoms with Gasteiger partial charge in [0.25, 0.3) is 0 Å². The lowest BCUT2D eigenvalue weighted by Crippen LogP contribution is -2.04. The Morgan fingerprint density at radius 2 is 2.12 bits per heavy atom. The minimum Gasteiger partial charge on any atom is -0.493 e. The number of unbranched alkanes of at least 4 members (excludes halogenated alkanes) is 3. The first-order valence-corrected chi connectivity index (χ1v) is 6.60. The largest absolute Gasteiger partial charge is 0.493 e. The van der Waals surface area contributed by atoms with Gasteiger partial charge in [-0.3, -0.25) is 0 Å². The van der Waals surface area contributed by atoms with Crippen LogP contribution in [0.25, 0.3) is 0 Å². The van der Waals surface area contributed by atoms with Crippen molar-refractivity contribution in [2.24, 2.45) is 0 Å². The third-order valence-corrected chi connectivity index (χ3v) is 2.92. The molecule has 0 aliphatic heterocycles. The fourth-order valence-corrected chi connectivity index (χ4v) is 1.87. The fraction of sp³-hybridized carbons (Fsp3) is 0.462. The molecule has 1 aromatic rings. The number of benzene rings is 1. The summed E-state index contributed by atoms with van der Waals surface area (Å²) in [6.07, 6.45) is 4.45. The highest BCUT2D eigenvalue weighted by molar-refractivity contribution is 9.10. The number of hydrogen-bond donors (Lipinski definition) is 1. The summed E-state index contributed by atoms with van der Waals surface area (Å²) in [6, 6.07) is 5.03. The lowest BCUT2D eigenvalue weighted by atomic mass is 10.2. The predicted molar refractivity (Wildman–Crippen MR) is 70.7 cm³/mol. The van der Waals surface area contributed by atoms with E-state index in [1.165, 1.54) is 12.8 Å². The van der Waals surface area contributed by atoms with Crippen molar-refractivity contribution in [2.75, 3.05) is 6.61 Å². The molecule has 0 amide bonds. The Morgan fingerprint density at radius 1 is 1.35 bits per heavy atom. The van der Waals surface area contributed by atoms with E-state index < -0.39 is 5.97 Å². The highest BCUT2D eigenvalue weighted by Gasteiger charge is 2.11. The van der Waals surface area contributed by atoms with Crippen LogP contribution in [0.1, 0.15) is 43.0 Å². The first kappa shape index (κ1) is 14.0. The van der Waals surface area contributed by atoms with Gasteiger partial charge < -0.3 is 9.84 Å². The van der Waals surface area contributed by atoms with Gasteiger partial charge in [-0.15, -0.1) is 0 Å². The van der Waals surface area contributed by atoms with Crippen molar-refractivity contribution in [1.29, 1.82) is 0 Å². The average molecular weight is 301 g/mol. The standard InChI is InChI=1S/C13H17BrO3/c1-2-3-4-5-8-17-12-7-6-10(14)9-11(12)13(15)16/h6-7,9H,2-5,8H2,1H3,(H,15,16). The van der Waals surface area contributed by atoms with Crippen LogP contribution < -0.4 is 4.74 Å². The molecule has 94 valence electrons. The van der Waals surface area contributed by atoms with Crippen LogP contribution in [0.2, 0.25) is 0 Å². The summed E-state index contributed by atoms with van der Waals surface area (Å²) in [6.45, 7) is 2.72. The smallest absolute Gasteiger partial charge is 0.339 e. The van der Waals surface area contributed by atoms with Crippen molar-refractivity contribution in [3.63, 3.8) is 0 Å². The molecule has 1 rings (SSSR count). The van der Waals surface area contributed by atoms with E-state index in [-0.39, 0.29) is 5.56 Å². The van der Waals surface area contributed by atoms with Crippen molar-refractivity contribution in [3.05, 3.63) is 28.2 Å². The summed E-state index contributed by atoms with van der Waals surface area (Å²) in [7, 11) is 0.